The van der Waals surface area contributed by atoms with Crippen molar-refractivity contribution in [1.29, 1.82) is 0 Å². The molecule has 4 heteroatoms. The van der Waals surface area contributed by atoms with Crippen molar-refractivity contribution in [3.63, 3.8) is 0 Å². The minimum absolute atomic E-state index is 0.147. The zero-order chi connectivity index (χ0) is 20.9. The van der Waals surface area contributed by atoms with Crippen LogP contribution in [0.25, 0.3) is 11.1 Å². The van der Waals surface area contributed by atoms with Crippen LogP contribution in [-0.2, 0) is 0 Å². The van der Waals surface area contributed by atoms with Gasteiger partial charge in [-0.15, -0.1) is 0 Å². The molecule has 0 heterocycles. The summed E-state index contributed by atoms with van der Waals surface area (Å²) >= 11 is 3.41. The smallest absolute Gasteiger partial charge is 0.255 e. The van der Waals surface area contributed by atoms with Gasteiger partial charge < -0.3 is 5.32 Å². The van der Waals surface area contributed by atoms with E-state index in [1.165, 1.54) is 0 Å². The molecule has 4 aromatic rings. The average Bonchev–Trinajstić information content (AvgIpc) is 2.81. The number of amides is 1. The molecule has 0 unspecified atom stereocenters. The van der Waals surface area contributed by atoms with Crippen molar-refractivity contribution in [3.8, 4) is 11.1 Å². The summed E-state index contributed by atoms with van der Waals surface area (Å²) in [6, 6.07) is 31.7. The molecule has 0 aliphatic carbocycles. The van der Waals surface area contributed by atoms with Gasteiger partial charge in [0.15, 0.2) is 5.78 Å². The summed E-state index contributed by atoms with van der Waals surface area (Å²) in [4.78, 5) is 25.8. The van der Waals surface area contributed by atoms with Crippen molar-refractivity contribution < 1.29 is 9.59 Å². The fourth-order valence-electron chi connectivity index (χ4n) is 3.20. The summed E-state index contributed by atoms with van der Waals surface area (Å²) in [5.74, 6) is -0.411. The zero-order valence-corrected chi connectivity index (χ0v) is 17.6. The summed E-state index contributed by atoms with van der Waals surface area (Å²) < 4.78 is 0.770. The van der Waals surface area contributed by atoms with Crippen LogP contribution in [0.5, 0.6) is 0 Å². The van der Waals surface area contributed by atoms with Crippen molar-refractivity contribution in [1.82, 2.24) is 0 Å². The Hall–Kier alpha value is -3.50. The van der Waals surface area contributed by atoms with Gasteiger partial charge in [0.25, 0.3) is 5.91 Å². The minimum atomic E-state index is -0.265. The second-order valence-corrected chi connectivity index (χ2v) is 7.70. The summed E-state index contributed by atoms with van der Waals surface area (Å²) in [7, 11) is 0. The number of halogens is 1. The van der Waals surface area contributed by atoms with E-state index in [1.807, 2.05) is 60.7 Å². The van der Waals surface area contributed by atoms with Gasteiger partial charge in [-0.3, -0.25) is 9.59 Å². The first kappa shape index (κ1) is 19.8. The molecule has 1 amide bonds. The first-order valence-electron chi connectivity index (χ1n) is 9.48. The van der Waals surface area contributed by atoms with Crippen LogP contribution in [0.1, 0.15) is 26.3 Å². The predicted molar refractivity (Wildman–Crippen MR) is 124 cm³/mol. The van der Waals surface area contributed by atoms with Gasteiger partial charge in [0, 0.05) is 21.2 Å². The van der Waals surface area contributed by atoms with Gasteiger partial charge in [-0.25, -0.2) is 0 Å². The van der Waals surface area contributed by atoms with E-state index >= 15 is 0 Å². The maximum atomic E-state index is 13.0. The molecule has 1 N–H and O–H groups in total. The number of rotatable bonds is 5. The molecule has 3 nitrogen and oxygen atoms in total. The van der Waals surface area contributed by atoms with Gasteiger partial charge in [0.2, 0.25) is 0 Å². The van der Waals surface area contributed by atoms with Gasteiger partial charge in [0.1, 0.15) is 0 Å². The number of benzene rings is 4. The van der Waals surface area contributed by atoms with Crippen molar-refractivity contribution in [2.45, 2.75) is 0 Å². The van der Waals surface area contributed by atoms with Crippen LogP contribution in [0.15, 0.2) is 108 Å². The van der Waals surface area contributed by atoms with E-state index in [9.17, 15) is 9.59 Å². The van der Waals surface area contributed by atoms with Gasteiger partial charge in [-0.1, -0.05) is 88.7 Å². The van der Waals surface area contributed by atoms with Gasteiger partial charge in [0.05, 0.1) is 5.69 Å². The summed E-state index contributed by atoms with van der Waals surface area (Å²) in [6.45, 7) is 0. The molecule has 4 aromatic carbocycles. The molecule has 146 valence electrons. The Bertz CT molecular complexity index is 1190. The fourth-order valence-corrected chi connectivity index (χ4v) is 3.56. The molecule has 0 aliphatic heterocycles. The van der Waals surface area contributed by atoms with Crippen LogP contribution < -0.4 is 5.32 Å². The molecule has 0 fully saturated rings. The van der Waals surface area contributed by atoms with Crippen LogP contribution in [0.4, 0.5) is 5.69 Å². The molecule has 0 spiro atoms. The van der Waals surface area contributed by atoms with Crippen molar-refractivity contribution in [3.05, 3.63) is 124 Å². The lowest BCUT2D eigenvalue weighted by molar-refractivity contribution is 0.102. The molecule has 30 heavy (non-hydrogen) atoms. The Morgan fingerprint density at radius 3 is 1.90 bits per heavy atom. The lowest BCUT2D eigenvalue weighted by Gasteiger charge is -2.12. The standard InChI is InChI=1S/C26H18BrNO2/c27-22-15-16-24(23(17-22)25(29)20-9-5-2-6-10-20)28-26(30)21-13-11-19(12-14-21)18-7-3-1-4-8-18/h1-17H,(H,28,30). The number of carbonyl (C=O) groups is 2. The topological polar surface area (TPSA) is 46.2 Å². The van der Waals surface area contributed by atoms with Crippen LogP contribution in [0.3, 0.4) is 0 Å². The lowest BCUT2D eigenvalue weighted by atomic mass is 10.0. The van der Waals surface area contributed by atoms with Crippen LogP contribution in [0.2, 0.25) is 0 Å². The van der Waals surface area contributed by atoms with Crippen molar-refractivity contribution >= 4 is 33.3 Å². The highest BCUT2D eigenvalue weighted by atomic mass is 79.9. The Labute approximate surface area is 183 Å². The SMILES string of the molecule is O=C(Nc1ccc(Br)cc1C(=O)c1ccccc1)c1ccc(-c2ccccc2)cc1. The molecule has 0 bridgehead atoms. The maximum Gasteiger partial charge on any atom is 0.255 e. The van der Waals surface area contributed by atoms with Gasteiger partial charge in [-0.05, 0) is 41.5 Å². The average molecular weight is 456 g/mol. The molecule has 0 aliphatic rings. The highest BCUT2D eigenvalue weighted by Gasteiger charge is 2.16. The molecule has 0 saturated heterocycles. The quantitative estimate of drug-likeness (QED) is 0.344. The van der Waals surface area contributed by atoms with E-state index in [1.54, 1.807) is 42.5 Å². The molecule has 0 aromatic heterocycles. The fraction of sp³-hybridized carbons (Fsp3) is 0. The molecule has 0 atom stereocenters. The minimum Gasteiger partial charge on any atom is -0.321 e. The highest BCUT2D eigenvalue weighted by Crippen LogP contribution is 2.25. The maximum absolute atomic E-state index is 13.0. The van der Waals surface area contributed by atoms with Crippen LogP contribution in [-0.4, -0.2) is 11.7 Å². The third-order valence-corrected chi connectivity index (χ3v) is 5.26. The Morgan fingerprint density at radius 1 is 0.633 bits per heavy atom. The molecule has 4 rings (SSSR count). The second-order valence-electron chi connectivity index (χ2n) is 6.78. The van der Waals surface area contributed by atoms with Crippen molar-refractivity contribution in [2.75, 3.05) is 5.32 Å². The summed E-state index contributed by atoms with van der Waals surface area (Å²) in [5.41, 5.74) is 4.13. The highest BCUT2D eigenvalue weighted by molar-refractivity contribution is 9.10. The Morgan fingerprint density at radius 2 is 1.23 bits per heavy atom. The molecular formula is C26H18BrNO2. The monoisotopic (exact) mass is 455 g/mol. The van der Waals surface area contributed by atoms with Gasteiger partial charge in [-0.2, -0.15) is 0 Å². The zero-order valence-electron chi connectivity index (χ0n) is 16.0. The third-order valence-electron chi connectivity index (χ3n) is 4.76. The largest absolute Gasteiger partial charge is 0.321 e. The van der Waals surface area contributed by atoms with E-state index < -0.39 is 0 Å². The third kappa shape index (κ3) is 4.39. The number of anilines is 1. The number of hydrogen-bond acceptors (Lipinski definition) is 2. The predicted octanol–water partition coefficient (Wildman–Crippen LogP) is 6.60. The molecule has 0 radical (unpaired) electrons. The summed E-state index contributed by atoms with van der Waals surface area (Å²) in [6.07, 6.45) is 0. The number of nitrogens with one attached hydrogen (secondary N) is 1. The van der Waals surface area contributed by atoms with Crippen molar-refractivity contribution in [2.24, 2.45) is 0 Å². The normalized spacial score (nSPS) is 10.4. The molecule has 0 saturated carbocycles. The Kier molecular flexibility index (Phi) is 5.87. The van der Waals surface area contributed by atoms with Crippen LogP contribution in [0, 0.1) is 0 Å². The number of carbonyl (C=O) groups excluding carboxylic acids is 2. The van der Waals surface area contributed by atoms with E-state index in [-0.39, 0.29) is 11.7 Å². The van der Waals surface area contributed by atoms with E-state index in [4.69, 9.17) is 0 Å². The number of ketones is 1. The van der Waals surface area contributed by atoms with E-state index in [0.717, 1.165) is 15.6 Å². The van der Waals surface area contributed by atoms with E-state index in [2.05, 4.69) is 21.2 Å². The summed E-state index contributed by atoms with van der Waals surface area (Å²) in [5, 5.41) is 2.88. The van der Waals surface area contributed by atoms with Crippen LogP contribution >= 0.6 is 15.9 Å². The van der Waals surface area contributed by atoms with Gasteiger partial charge >= 0.3 is 0 Å². The Balaban J connectivity index is 1.58. The molecular weight excluding hydrogens is 438 g/mol. The first-order chi connectivity index (χ1) is 14.6. The second kappa shape index (κ2) is 8.89. The lowest BCUT2D eigenvalue weighted by Crippen LogP contribution is -2.15. The van der Waals surface area contributed by atoms with E-state index in [0.29, 0.717) is 22.4 Å². The number of hydrogen-bond donors (Lipinski definition) is 1. The first-order valence-corrected chi connectivity index (χ1v) is 10.3.